The lowest BCUT2D eigenvalue weighted by Gasteiger charge is -2.13. The van der Waals surface area contributed by atoms with Crippen LogP contribution in [0.3, 0.4) is 0 Å². The first-order valence-electron chi connectivity index (χ1n) is 5.93. The normalized spacial score (nSPS) is 11.2. The molecule has 7 nitrogen and oxygen atoms in total. The second-order valence-electron chi connectivity index (χ2n) is 3.97. The zero-order valence-electron chi connectivity index (χ0n) is 11.0. The van der Waals surface area contributed by atoms with Crippen LogP contribution in [0.15, 0.2) is 30.3 Å². The van der Waals surface area contributed by atoms with E-state index in [0.29, 0.717) is 0 Å². The number of carbonyl (C=O) groups excluding carboxylic acids is 2. The van der Waals surface area contributed by atoms with Crippen molar-refractivity contribution in [2.75, 3.05) is 7.05 Å². The number of carboxylic acid groups (broad SMARTS) is 1. The smallest absolute Gasteiger partial charge is 0.408 e. The van der Waals surface area contributed by atoms with Crippen LogP contribution < -0.4 is 10.6 Å². The maximum absolute atomic E-state index is 11.5. The van der Waals surface area contributed by atoms with Gasteiger partial charge in [0.05, 0.1) is 6.42 Å². The summed E-state index contributed by atoms with van der Waals surface area (Å²) in [5.74, 6) is -1.79. The Bertz CT molecular complexity index is 475. The number of carbonyl (C=O) groups is 3. The van der Waals surface area contributed by atoms with Crippen molar-refractivity contribution < 1.29 is 24.2 Å². The van der Waals surface area contributed by atoms with Gasteiger partial charge >= 0.3 is 12.1 Å². The summed E-state index contributed by atoms with van der Waals surface area (Å²) in [6.07, 6.45) is -1.24. The van der Waals surface area contributed by atoms with Crippen molar-refractivity contribution in [2.45, 2.75) is 19.1 Å². The zero-order valence-corrected chi connectivity index (χ0v) is 11.0. The Morgan fingerprint density at radius 1 is 1.25 bits per heavy atom. The third-order valence-electron chi connectivity index (χ3n) is 2.47. The first-order valence-corrected chi connectivity index (χ1v) is 5.93. The molecule has 2 amide bonds. The molecular weight excluding hydrogens is 264 g/mol. The molecule has 0 fully saturated rings. The van der Waals surface area contributed by atoms with Gasteiger partial charge in [-0.2, -0.15) is 0 Å². The maximum atomic E-state index is 11.5. The van der Waals surface area contributed by atoms with Crippen molar-refractivity contribution >= 4 is 18.0 Å². The number of rotatable bonds is 6. The third kappa shape index (κ3) is 5.38. The first-order chi connectivity index (χ1) is 9.52. The van der Waals surface area contributed by atoms with Crippen LogP contribution in [0.1, 0.15) is 12.0 Å². The molecule has 0 aromatic heterocycles. The van der Waals surface area contributed by atoms with Crippen molar-refractivity contribution in [3.8, 4) is 0 Å². The van der Waals surface area contributed by atoms with Gasteiger partial charge in [0, 0.05) is 7.05 Å². The molecule has 1 aromatic carbocycles. The zero-order chi connectivity index (χ0) is 15.0. The van der Waals surface area contributed by atoms with Gasteiger partial charge in [0.25, 0.3) is 0 Å². The minimum atomic E-state index is -1.32. The van der Waals surface area contributed by atoms with E-state index in [9.17, 15) is 14.4 Å². The van der Waals surface area contributed by atoms with Crippen LogP contribution in [0.4, 0.5) is 4.79 Å². The summed E-state index contributed by atoms with van der Waals surface area (Å²) >= 11 is 0. The van der Waals surface area contributed by atoms with Crippen LogP contribution in [0.2, 0.25) is 0 Å². The lowest BCUT2D eigenvalue weighted by molar-refractivity contribution is -0.141. The molecule has 1 aromatic rings. The van der Waals surface area contributed by atoms with Gasteiger partial charge in [-0.05, 0) is 5.56 Å². The van der Waals surface area contributed by atoms with Gasteiger partial charge in [-0.1, -0.05) is 30.3 Å². The number of benzene rings is 1. The summed E-state index contributed by atoms with van der Waals surface area (Å²) < 4.78 is 4.88. The lowest BCUT2D eigenvalue weighted by atomic mass is 10.2. The second kappa shape index (κ2) is 7.78. The van der Waals surface area contributed by atoms with Crippen LogP contribution in [0.25, 0.3) is 0 Å². The average Bonchev–Trinajstić information content (AvgIpc) is 2.45. The largest absolute Gasteiger partial charge is 0.480 e. The van der Waals surface area contributed by atoms with E-state index in [1.54, 1.807) is 24.3 Å². The highest BCUT2D eigenvalue weighted by molar-refractivity contribution is 5.86. The predicted octanol–water partition coefficient (Wildman–Crippen LogP) is 0.502. The SMILES string of the molecule is CNC(=O)C[C@H](NC(=O)OCc1ccccc1)C(=O)O. The Morgan fingerprint density at radius 2 is 1.90 bits per heavy atom. The summed E-state index contributed by atoms with van der Waals surface area (Å²) in [6, 6.07) is 7.63. The molecule has 0 saturated carbocycles. The number of hydrogen-bond acceptors (Lipinski definition) is 4. The average molecular weight is 280 g/mol. The van der Waals surface area contributed by atoms with E-state index in [-0.39, 0.29) is 13.0 Å². The van der Waals surface area contributed by atoms with E-state index in [1.165, 1.54) is 7.05 Å². The number of amides is 2. The number of alkyl carbamates (subject to hydrolysis) is 1. The van der Waals surface area contributed by atoms with Crippen LogP contribution >= 0.6 is 0 Å². The highest BCUT2D eigenvalue weighted by atomic mass is 16.5. The molecule has 0 heterocycles. The lowest BCUT2D eigenvalue weighted by Crippen LogP contribution is -2.43. The van der Waals surface area contributed by atoms with E-state index < -0.39 is 24.0 Å². The van der Waals surface area contributed by atoms with Gasteiger partial charge in [-0.3, -0.25) is 4.79 Å². The summed E-state index contributed by atoms with van der Waals surface area (Å²) in [4.78, 5) is 33.5. The monoisotopic (exact) mass is 280 g/mol. The highest BCUT2D eigenvalue weighted by Gasteiger charge is 2.23. The molecule has 0 aliphatic carbocycles. The Balaban J connectivity index is 2.46. The van der Waals surface area contributed by atoms with Gasteiger partial charge in [0.1, 0.15) is 12.6 Å². The molecule has 0 aliphatic heterocycles. The number of hydrogen-bond donors (Lipinski definition) is 3. The Morgan fingerprint density at radius 3 is 2.45 bits per heavy atom. The van der Waals surface area contributed by atoms with Gasteiger partial charge < -0.3 is 20.5 Å². The van der Waals surface area contributed by atoms with Crippen LogP contribution in [0, 0.1) is 0 Å². The Hall–Kier alpha value is -2.57. The summed E-state index contributed by atoms with van der Waals surface area (Å²) in [7, 11) is 1.38. The van der Waals surface area contributed by atoms with Gasteiger partial charge in [-0.15, -0.1) is 0 Å². The maximum Gasteiger partial charge on any atom is 0.408 e. The van der Waals surface area contributed by atoms with Gasteiger partial charge in [0.2, 0.25) is 5.91 Å². The van der Waals surface area contributed by atoms with Crippen molar-refractivity contribution in [1.29, 1.82) is 0 Å². The molecule has 1 rings (SSSR count). The van der Waals surface area contributed by atoms with E-state index >= 15 is 0 Å². The van der Waals surface area contributed by atoms with Crippen molar-refractivity contribution in [3.05, 3.63) is 35.9 Å². The fraction of sp³-hybridized carbons (Fsp3) is 0.308. The van der Waals surface area contributed by atoms with Crippen molar-refractivity contribution in [3.63, 3.8) is 0 Å². The van der Waals surface area contributed by atoms with Crippen LogP contribution in [-0.2, 0) is 20.9 Å². The molecule has 3 N–H and O–H groups in total. The second-order valence-corrected chi connectivity index (χ2v) is 3.97. The topological polar surface area (TPSA) is 105 Å². The van der Waals surface area contributed by atoms with E-state index in [0.717, 1.165) is 5.56 Å². The molecule has 7 heteroatoms. The summed E-state index contributed by atoms with van der Waals surface area (Å²) in [5.41, 5.74) is 0.779. The Labute approximate surface area is 115 Å². The van der Waals surface area contributed by atoms with Gasteiger partial charge in [-0.25, -0.2) is 9.59 Å². The molecule has 0 unspecified atom stereocenters. The molecular formula is C13H16N2O5. The molecule has 0 aliphatic rings. The van der Waals surface area contributed by atoms with Gasteiger partial charge in [0.15, 0.2) is 0 Å². The van der Waals surface area contributed by atoms with E-state index in [4.69, 9.17) is 9.84 Å². The standard InChI is InChI=1S/C13H16N2O5/c1-14-11(16)7-10(12(17)18)15-13(19)20-8-9-5-3-2-4-6-9/h2-6,10H,7-8H2,1H3,(H,14,16)(H,15,19)(H,17,18)/t10-/m0/s1. The van der Waals surface area contributed by atoms with Crippen molar-refractivity contribution in [1.82, 2.24) is 10.6 Å². The predicted molar refractivity (Wildman–Crippen MR) is 69.9 cm³/mol. The fourth-order valence-corrected chi connectivity index (χ4v) is 1.39. The van der Waals surface area contributed by atoms with Crippen molar-refractivity contribution in [2.24, 2.45) is 0 Å². The fourth-order valence-electron chi connectivity index (χ4n) is 1.39. The minimum Gasteiger partial charge on any atom is -0.480 e. The minimum absolute atomic E-state index is 0.0268. The molecule has 20 heavy (non-hydrogen) atoms. The molecule has 0 spiro atoms. The van der Waals surface area contributed by atoms with E-state index in [1.807, 2.05) is 6.07 Å². The third-order valence-corrected chi connectivity index (χ3v) is 2.47. The molecule has 0 saturated heterocycles. The van der Waals surface area contributed by atoms with Crippen LogP contribution in [-0.4, -0.2) is 36.2 Å². The Kier molecular flexibility index (Phi) is 6.02. The highest BCUT2D eigenvalue weighted by Crippen LogP contribution is 2.01. The molecule has 0 radical (unpaired) electrons. The molecule has 0 bridgehead atoms. The van der Waals surface area contributed by atoms with Crippen LogP contribution in [0.5, 0.6) is 0 Å². The summed E-state index contributed by atoms with van der Waals surface area (Å²) in [6.45, 7) is 0.0268. The number of aliphatic carboxylic acids is 1. The molecule has 1 atom stereocenters. The van der Waals surface area contributed by atoms with E-state index in [2.05, 4.69) is 10.6 Å². The summed E-state index contributed by atoms with van der Waals surface area (Å²) in [5, 5.41) is 13.3. The first kappa shape index (κ1) is 15.5. The number of nitrogens with one attached hydrogen (secondary N) is 2. The number of ether oxygens (including phenoxy) is 1. The number of carboxylic acids is 1. The molecule has 108 valence electrons. The quantitative estimate of drug-likeness (QED) is 0.704.